The quantitative estimate of drug-likeness (QED) is 0.674. The van der Waals surface area contributed by atoms with Crippen LogP contribution in [0.5, 0.6) is 0 Å². The molecule has 0 amide bonds. The maximum absolute atomic E-state index is 6.01. The van der Waals surface area contributed by atoms with Gasteiger partial charge in [0.2, 0.25) is 0 Å². The maximum atomic E-state index is 6.01. The van der Waals surface area contributed by atoms with E-state index in [4.69, 9.17) is 10.5 Å². The highest BCUT2D eigenvalue weighted by molar-refractivity contribution is 4.74. The highest BCUT2D eigenvalue weighted by Crippen LogP contribution is 2.22. The first-order valence-electron chi connectivity index (χ1n) is 6.33. The molecular formula is C13H29NO. The van der Waals surface area contributed by atoms with Crippen molar-refractivity contribution in [3.05, 3.63) is 0 Å². The third-order valence-electron chi connectivity index (χ3n) is 2.95. The predicted molar refractivity (Wildman–Crippen MR) is 67.0 cm³/mol. The average molecular weight is 215 g/mol. The molecule has 2 atom stereocenters. The van der Waals surface area contributed by atoms with Crippen LogP contribution in [0, 0.1) is 5.92 Å². The first-order chi connectivity index (χ1) is 6.93. The number of hydrogen-bond acceptors (Lipinski definition) is 2. The molecule has 0 radical (unpaired) electrons. The summed E-state index contributed by atoms with van der Waals surface area (Å²) in [5.74, 6) is 0.655. The van der Waals surface area contributed by atoms with Crippen molar-refractivity contribution < 1.29 is 4.74 Å². The summed E-state index contributed by atoms with van der Waals surface area (Å²) in [6, 6.07) is 0.188. The Kier molecular flexibility index (Phi) is 7.20. The lowest BCUT2D eigenvalue weighted by Crippen LogP contribution is -2.35. The summed E-state index contributed by atoms with van der Waals surface area (Å²) < 4.78 is 5.96. The van der Waals surface area contributed by atoms with Crippen molar-refractivity contribution in [2.24, 2.45) is 11.7 Å². The Bertz CT molecular complexity index is 159. The predicted octanol–water partition coefficient (Wildman–Crippen LogP) is 3.35. The monoisotopic (exact) mass is 215 g/mol. The summed E-state index contributed by atoms with van der Waals surface area (Å²) in [5.41, 5.74) is 6.04. The molecule has 0 aliphatic heterocycles. The lowest BCUT2D eigenvalue weighted by atomic mass is 9.97. The lowest BCUT2D eigenvalue weighted by molar-refractivity contribution is -0.0480. The molecule has 0 fully saturated rings. The topological polar surface area (TPSA) is 35.2 Å². The van der Waals surface area contributed by atoms with E-state index in [1.54, 1.807) is 0 Å². The molecule has 2 nitrogen and oxygen atoms in total. The van der Waals surface area contributed by atoms with Crippen LogP contribution in [0.25, 0.3) is 0 Å². The van der Waals surface area contributed by atoms with Gasteiger partial charge in [-0.3, -0.25) is 0 Å². The van der Waals surface area contributed by atoms with Crippen LogP contribution >= 0.6 is 0 Å². The van der Waals surface area contributed by atoms with Crippen LogP contribution in [0.3, 0.4) is 0 Å². The largest absolute Gasteiger partial charge is 0.374 e. The highest BCUT2D eigenvalue weighted by Gasteiger charge is 2.22. The fourth-order valence-electron chi connectivity index (χ4n) is 1.86. The molecule has 2 N–H and O–H groups in total. The minimum absolute atomic E-state index is 0.0311. The molecule has 0 saturated carbocycles. The molecule has 15 heavy (non-hydrogen) atoms. The molecule has 0 saturated heterocycles. The summed E-state index contributed by atoms with van der Waals surface area (Å²) in [5, 5.41) is 0. The number of hydrogen-bond donors (Lipinski definition) is 1. The number of rotatable bonds is 8. The van der Waals surface area contributed by atoms with E-state index in [0.717, 1.165) is 19.3 Å². The van der Waals surface area contributed by atoms with Crippen molar-refractivity contribution in [2.75, 3.05) is 6.61 Å². The molecule has 0 aromatic heterocycles. The van der Waals surface area contributed by atoms with Gasteiger partial charge in [0, 0.05) is 6.04 Å². The van der Waals surface area contributed by atoms with E-state index < -0.39 is 0 Å². The number of nitrogens with two attached hydrogens (primary N) is 1. The van der Waals surface area contributed by atoms with E-state index in [9.17, 15) is 0 Å². The second kappa shape index (κ2) is 7.24. The van der Waals surface area contributed by atoms with Gasteiger partial charge in [-0.1, -0.05) is 34.1 Å². The van der Waals surface area contributed by atoms with Crippen LogP contribution in [-0.2, 0) is 4.74 Å². The first kappa shape index (κ1) is 14.9. The molecule has 0 aliphatic carbocycles. The second-order valence-corrected chi connectivity index (χ2v) is 5.25. The Morgan fingerprint density at radius 3 is 2.27 bits per heavy atom. The highest BCUT2D eigenvalue weighted by atomic mass is 16.5. The fraction of sp³-hybridized carbons (Fsp3) is 1.00. The molecule has 0 aliphatic rings. The van der Waals surface area contributed by atoms with Crippen molar-refractivity contribution in [2.45, 2.75) is 71.9 Å². The van der Waals surface area contributed by atoms with E-state index >= 15 is 0 Å². The van der Waals surface area contributed by atoms with Gasteiger partial charge in [0.25, 0.3) is 0 Å². The average Bonchev–Trinajstić information content (AvgIpc) is 2.14. The zero-order chi connectivity index (χ0) is 11.9. The molecule has 0 spiro atoms. The Hall–Kier alpha value is -0.0800. The molecule has 0 aromatic rings. The third kappa shape index (κ3) is 6.91. The van der Waals surface area contributed by atoms with Crippen LogP contribution in [0.15, 0.2) is 0 Å². The minimum atomic E-state index is 0.0311. The van der Waals surface area contributed by atoms with E-state index in [-0.39, 0.29) is 11.6 Å². The van der Waals surface area contributed by atoms with Crippen molar-refractivity contribution >= 4 is 0 Å². The number of ether oxygens (including phenoxy) is 1. The summed E-state index contributed by atoms with van der Waals surface area (Å²) in [7, 11) is 0. The van der Waals surface area contributed by atoms with Gasteiger partial charge in [0.1, 0.15) is 0 Å². The standard InChI is InChI=1S/C13H29NO/c1-6-8-13(5,7-2)15-10-12(14)9-11(3)4/h11-12H,6-10,14H2,1-5H3. The maximum Gasteiger partial charge on any atom is 0.0652 e. The molecule has 0 heterocycles. The first-order valence-corrected chi connectivity index (χ1v) is 6.33. The smallest absolute Gasteiger partial charge is 0.0652 e. The molecule has 0 bridgehead atoms. The van der Waals surface area contributed by atoms with Gasteiger partial charge in [-0.2, -0.15) is 0 Å². The van der Waals surface area contributed by atoms with Crippen LogP contribution in [-0.4, -0.2) is 18.2 Å². The Labute approximate surface area is 95.6 Å². The molecule has 0 aromatic carbocycles. The molecule has 92 valence electrons. The van der Waals surface area contributed by atoms with E-state index in [2.05, 4.69) is 34.6 Å². The summed E-state index contributed by atoms with van der Waals surface area (Å²) in [6.45, 7) is 11.7. The zero-order valence-electron chi connectivity index (χ0n) is 11.2. The summed E-state index contributed by atoms with van der Waals surface area (Å²) >= 11 is 0. The normalized spacial score (nSPS) is 17.8. The van der Waals surface area contributed by atoms with Crippen molar-refractivity contribution in [3.8, 4) is 0 Å². The van der Waals surface area contributed by atoms with Crippen LogP contribution in [0.2, 0.25) is 0 Å². The van der Waals surface area contributed by atoms with Gasteiger partial charge in [0.15, 0.2) is 0 Å². The molecule has 0 rings (SSSR count). The van der Waals surface area contributed by atoms with E-state index in [0.29, 0.717) is 12.5 Å². The van der Waals surface area contributed by atoms with Crippen molar-refractivity contribution in [1.82, 2.24) is 0 Å². The van der Waals surface area contributed by atoms with Gasteiger partial charge >= 0.3 is 0 Å². The minimum Gasteiger partial charge on any atom is -0.374 e. The van der Waals surface area contributed by atoms with Gasteiger partial charge < -0.3 is 10.5 Å². The fourth-order valence-corrected chi connectivity index (χ4v) is 1.86. The van der Waals surface area contributed by atoms with Crippen molar-refractivity contribution in [3.63, 3.8) is 0 Å². The SMILES string of the molecule is CCCC(C)(CC)OCC(N)CC(C)C. The van der Waals surface area contributed by atoms with E-state index in [1.807, 2.05) is 0 Å². The summed E-state index contributed by atoms with van der Waals surface area (Å²) in [6.07, 6.45) is 4.41. The molecular weight excluding hydrogens is 186 g/mol. The Morgan fingerprint density at radius 2 is 1.87 bits per heavy atom. The second-order valence-electron chi connectivity index (χ2n) is 5.25. The third-order valence-corrected chi connectivity index (χ3v) is 2.95. The zero-order valence-corrected chi connectivity index (χ0v) is 11.2. The molecule has 2 unspecified atom stereocenters. The van der Waals surface area contributed by atoms with Crippen LogP contribution in [0.1, 0.15) is 60.3 Å². The van der Waals surface area contributed by atoms with Gasteiger partial charge in [-0.25, -0.2) is 0 Å². The lowest BCUT2D eigenvalue weighted by Gasteiger charge is -2.30. The van der Waals surface area contributed by atoms with Gasteiger partial charge in [-0.05, 0) is 32.1 Å². The Morgan fingerprint density at radius 1 is 1.27 bits per heavy atom. The summed E-state index contributed by atoms with van der Waals surface area (Å²) in [4.78, 5) is 0. The molecule has 2 heteroatoms. The van der Waals surface area contributed by atoms with E-state index in [1.165, 1.54) is 6.42 Å². The Balaban J connectivity index is 3.88. The van der Waals surface area contributed by atoms with Crippen LogP contribution in [0.4, 0.5) is 0 Å². The van der Waals surface area contributed by atoms with Crippen molar-refractivity contribution in [1.29, 1.82) is 0 Å². The van der Waals surface area contributed by atoms with Gasteiger partial charge in [-0.15, -0.1) is 0 Å². The van der Waals surface area contributed by atoms with Gasteiger partial charge in [0.05, 0.1) is 12.2 Å². The van der Waals surface area contributed by atoms with Crippen LogP contribution < -0.4 is 5.73 Å².